The van der Waals surface area contributed by atoms with Gasteiger partial charge in [0.2, 0.25) is 0 Å². The van der Waals surface area contributed by atoms with Crippen LogP contribution >= 0.6 is 7.82 Å². The van der Waals surface area contributed by atoms with Crippen LogP contribution in [0.4, 0.5) is 0 Å². The van der Waals surface area contributed by atoms with E-state index in [9.17, 15) is 24.2 Å². The molecule has 0 aromatic rings. The van der Waals surface area contributed by atoms with Crippen molar-refractivity contribution in [1.29, 1.82) is 0 Å². The second kappa shape index (κ2) is 37.7. The Balaban J connectivity index is 4.51. The van der Waals surface area contributed by atoms with E-state index in [0.29, 0.717) is 30.3 Å². The summed E-state index contributed by atoms with van der Waals surface area (Å²) >= 11 is 0. The van der Waals surface area contributed by atoms with Crippen molar-refractivity contribution in [1.82, 2.24) is 0 Å². The van der Waals surface area contributed by atoms with Gasteiger partial charge in [0.25, 0.3) is 7.82 Å². The number of phosphoric acid groups is 1. The van der Waals surface area contributed by atoms with Crippen molar-refractivity contribution in [2.75, 3.05) is 47.5 Å². The number of likely N-dealkylation sites (N-methyl/N-ethyl adjacent to an activating group) is 1. The Bertz CT molecular complexity index is 1220. The van der Waals surface area contributed by atoms with Crippen molar-refractivity contribution >= 4 is 19.8 Å². The van der Waals surface area contributed by atoms with Crippen LogP contribution in [0.25, 0.3) is 0 Å². The van der Waals surface area contributed by atoms with E-state index in [1.165, 1.54) is 25.7 Å². The van der Waals surface area contributed by atoms with E-state index < -0.39 is 38.6 Å². The van der Waals surface area contributed by atoms with Gasteiger partial charge < -0.3 is 33.0 Å². The van der Waals surface area contributed by atoms with Crippen LogP contribution in [-0.2, 0) is 32.7 Å². The Hall–Kier alpha value is -2.59. The molecular formula is C46H80NO9P. The van der Waals surface area contributed by atoms with Gasteiger partial charge in [0.05, 0.1) is 33.9 Å². The van der Waals surface area contributed by atoms with E-state index >= 15 is 0 Å². The van der Waals surface area contributed by atoms with Gasteiger partial charge in [0, 0.05) is 12.8 Å². The summed E-state index contributed by atoms with van der Waals surface area (Å²) in [7, 11) is 1.08. The molecule has 0 bridgehead atoms. The van der Waals surface area contributed by atoms with Crippen LogP contribution in [0.5, 0.6) is 0 Å². The van der Waals surface area contributed by atoms with Crippen LogP contribution in [0, 0.1) is 0 Å². The number of hydrogen-bond acceptors (Lipinski definition) is 9. The second-order valence-corrected chi connectivity index (χ2v) is 16.9. The Kier molecular flexibility index (Phi) is 36.0. The third-order valence-corrected chi connectivity index (χ3v) is 9.78. The maximum absolute atomic E-state index is 12.7. The molecule has 57 heavy (non-hydrogen) atoms. The van der Waals surface area contributed by atoms with Gasteiger partial charge in [-0.3, -0.25) is 14.2 Å². The molecule has 3 atom stereocenters. The van der Waals surface area contributed by atoms with Crippen molar-refractivity contribution in [3.8, 4) is 0 Å². The summed E-state index contributed by atoms with van der Waals surface area (Å²) in [4.78, 5) is 37.5. The fraction of sp³-hybridized carbons (Fsp3) is 0.696. The highest BCUT2D eigenvalue weighted by atomic mass is 31.2. The zero-order chi connectivity index (χ0) is 42.3. The van der Waals surface area contributed by atoms with Gasteiger partial charge in [0.1, 0.15) is 19.8 Å². The molecular weight excluding hydrogens is 741 g/mol. The minimum absolute atomic E-state index is 0.0566. The quantitative estimate of drug-likeness (QED) is 0.0161. The Morgan fingerprint density at radius 1 is 0.667 bits per heavy atom. The normalized spacial score (nSPS) is 14.9. The van der Waals surface area contributed by atoms with E-state index in [-0.39, 0.29) is 26.1 Å². The van der Waals surface area contributed by atoms with Gasteiger partial charge >= 0.3 is 11.9 Å². The number of rotatable bonds is 38. The Labute approximate surface area is 347 Å². The molecule has 0 aliphatic heterocycles. The van der Waals surface area contributed by atoms with Gasteiger partial charge in [-0.15, -0.1) is 0 Å². The molecule has 328 valence electrons. The molecule has 0 aliphatic rings. The lowest BCUT2D eigenvalue weighted by molar-refractivity contribution is -0.870. The first kappa shape index (κ1) is 54.4. The number of carbonyl (C=O) groups is 2. The highest BCUT2D eigenvalue weighted by molar-refractivity contribution is 7.45. The Morgan fingerprint density at radius 2 is 1.23 bits per heavy atom. The SMILES string of the molecule is CC/C=C/C/C=C/C=C/C(O)CCCCCCCC(=O)O[C@H](COC(=O)CCCCCC/C=C\C/C=C\C/C=C\CCCCC)COP(=O)([O-])OCC[N+](C)(C)C. The maximum Gasteiger partial charge on any atom is 0.306 e. The lowest BCUT2D eigenvalue weighted by Crippen LogP contribution is -2.37. The van der Waals surface area contributed by atoms with E-state index in [4.69, 9.17) is 18.5 Å². The number of phosphoric ester groups is 1. The molecule has 0 radical (unpaired) electrons. The molecule has 0 amide bonds. The minimum Gasteiger partial charge on any atom is -0.756 e. The minimum atomic E-state index is -4.66. The first-order chi connectivity index (χ1) is 27.4. The fourth-order valence-corrected chi connectivity index (χ4v) is 6.10. The molecule has 0 fully saturated rings. The van der Waals surface area contributed by atoms with E-state index in [0.717, 1.165) is 77.0 Å². The van der Waals surface area contributed by atoms with Crippen LogP contribution in [0.3, 0.4) is 0 Å². The number of quaternary nitrogens is 1. The third kappa shape index (κ3) is 41.4. The average Bonchev–Trinajstić information content (AvgIpc) is 3.15. The first-order valence-electron chi connectivity index (χ1n) is 21.8. The summed E-state index contributed by atoms with van der Waals surface area (Å²) in [5.41, 5.74) is 0. The summed E-state index contributed by atoms with van der Waals surface area (Å²) < 4.78 is 33.8. The van der Waals surface area contributed by atoms with Crippen LogP contribution < -0.4 is 4.89 Å². The average molecular weight is 822 g/mol. The number of allylic oxidation sites excluding steroid dienone is 11. The topological polar surface area (TPSA) is 131 Å². The zero-order valence-corrected chi connectivity index (χ0v) is 37.3. The van der Waals surface area contributed by atoms with Crippen LogP contribution in [0.2, 0.25) is 0 Å². The summed E-state index contributed by atoms with van der Waals surface area (Å²) in [5.74, 6) is -0.944. The van der Waals surface area contributed by atoms with Gasteiger partial charge in [-0.2, -0.15) is 0 Å². The number of nitrogens with zero attached hydrogens (tertiary/aromatic N) is 1. The lowest BCUT2D eigenvalue weighted by atomic mass is 10.1. The number of esters is 2. The molecule has 0 rings (SSSR count). The fourth-order valence-electron chi connectivity index (χ4n) is 5.37. The first-order valence-corrected chi connectivity index (χ1v) is 23.2. The van der Waals surface area contributed by atoms with Crippen LogP contribution in [0.1, 0.15) is 149 Å². The monoisotopic (exact) mass is 822 g/mol. The van der Waals surface area contributed by atoms with Gasteiger partial charge in [-0.05, 0) is 70.6 Å². The van der Waals surface area contributed by atoms with Gasteiger partial charge in [-0.25, -0.2) is 0 Å². The highest BCUT2D eigenvalue weighted by Gasteiger charge is 2.21. The van der Waals surface area contributed by atoms with E-state index in [2.05, 4.69) is 62.5 Å². The molecule has 11 heteroatoms. The molecule has 10 nitrogen and oxygen atoms in total. The molecule has 0 aliphatic carbocycles. The number of hydrogen-bond donors (Lipinski definition) is 1. The maximum atomic E-state index is 12.7. The molecule has 2 unspecified atom stereocenters. The van der Waals surface area contributed by atoms with E-state index in [1.807, 2.05) is 39.4 Å². The van der Waals surface area contributed by atoms with Crippen LogP contribution in [0.15, 0.2) is 72.9 Å². The molecule has 0 saturated carbocycles. The van der Waals surface area contributed by atoms with Crippen molar-refractivity contribution in [2.24, 2.45) is 0 Å². The molecule has 0 saturated heterocycles. The van der Waals surface area contributed by atoms with E-state index in [1.54, 1.807) is 6.08 Å². The molecule has 1 N–H and O–H groups in total. The zero-order valence-electron chi connectivity index (χ0n) is 36.4. The summed E-state index contributed by atoms with van der Waals surface area (Å²) in [6, 6.07) is 0. The predicted octanol–water partition coefficient (Wildman–Crippen LogP) is 10.6. The second-order valence-electron chi connectivity index (χ2n) is 15.5. The number of aliphatic hydroxyl groups is 1. The van der Waals surface area contributed by atoms with Crippen LogP contribution in [-0.4, -0.2) is 81.2 Å². The largest absolute Gasteiger partial charge is 0.756 e. The standard InChI is InChI=1S/C46H80NO9P/c1-6-8-10-12-14-15-16-17-18-19-20-21-22-23-25-29-33-37-45(49)53-41-44(42-55-57(51,52)54-40-39-47(3,4)5)56-46(50)38-34-30-26-28-32-36-43(48)35-31-27-24-13-11-9-7-2/h9,11,14-15,17-18,20-21,24,27,31,35,43-44,48H,6-8,10,12-13,16,19,22-23,25-26,28-30,32-34,36-42H2,1-5H3/b11-9+,15-14-,18-17-,21-20-,27-24+,35-31+/t43?,44-/m1/s1. The molecule has 0 spiro atoms. The Morgan fingerprint density at radius 3 is 1.88 bits per heavy atom. The lowest BCUT2D eigenvalue weighted by Gasteiger charge is -2.28. The van der Waals surface area contributed by atoms with Crippen molar-refractivity contribution in [2.45, 2.75) is 161 Å². The highest BCUT2D eigenvalue weighted by Crippen LogP contribution is 2.38. The van der Waals surface area contributed by atoms with Gasteiger partial charge in [-0.1, -0.05) is 138 Å². The number of carbonyl (C=O) groups excluding carboxylic acids is 2. The number of ether oxygens (including phenoxy) is 2. The smallest absolute Gasteiger partial charge is 0.306 e. The molecule has 0 aromatic heterocycles. The van der Waals surface area contributed by atoms with Crippen molar-refractivity contribution in [3.05, 3.63) is 72.9 Å². The summed E-state index contributed by atoms with van der Waals surface area (Å²) in [6.45, 7) is 3.90. The van der Waals surface area contributed by atoms with Crippen molar-refractivity contribution in [3.63, 3.8) is 0 Å². The number of unbranched alkanes of at least 4 members (excludes halogenated alkanes) is 11. The summed E-state index contributed by atoms with van der Waals surface area (Å²) in [5, 5.41) is 10.2. The third-order valence-electron chi connectivity index (χ3n) is 8.81. The van der Waals surface area contributed by atoms with Crippen molar-refractivity contribution < 1.29 is 47.2 Å². The molecule has 0 heterocycles. The summed E-state index contributed by atoms with van der Waals surface area (Å²) in [6.07, 6.45) is 42.3. The predicted molar refractivity (Wildman–Crippen MR) is 232 cm³/mol. The number of aliphatic hydroxyl groups excluding tert-OH is 1. The molecule has 0 aromatic carbocycles. The van der Waals surface area contributed by atoms with Gasteiger partial charge in [0.15, 0.2) is 6.10 Å².